The number of nitrogens with zero attached hydrogens (tertiary/aromatic N) is 2. The van der Waals surface area contributed by atoms with Crippen LogP contribution < -0.4 is 5.32 Å². The Morgan fingerprint density at radius 1 is 1.26 bits per heavy atom. The van der Waals surface area contributed by atoms with Gasteiger partial charge in [0.15, 0.2) is 5.69 Å². The van der Waals surface area contributed by atoms with Crippen LogP contribution >= 0.6 is 0 Å². The molecule has 0 bridgehead atoms. The molecule has 1 N–H and O–H groups in total. The van der Waals surface area contributed by atoms with Crippen LogP contribution in [0.5, 0.6) is 0 Å². The lowest BCUT2D eigenvalue weighted by Gasteiger charge is -2.15. The fraction of sp³-hybridized carbons (Fsp3) is 0.375. The van der Waals surface area contributed by atoms with Gasteiger partial charge in [-0.25, -0.2) is 0 Å². The predicted molar refractivity (Wildman–Crippen MR) is 79.7 cm³/mol. The molecule has 2 rings (SSSR count). The quantitative estimate of drug-likeness (QED) is 0.886. The molecule has 1 amide bonds. The summed E-state index contributed by atoms with van der Waals surface area (Å²) in [6, 6.07) is 10.3. The molecule has 2 aromatic rings. The zero-order valence-electron chi connectivity index (χ0n) is 12.7. The summed E-state index contributed by atoms with van der Waals surface area (Å²) >= 11 is 0. The standard InChI is InChI=1S/C16H18F3N3O/c1-2-13(12-6-4-3-5-7-12)15(23)20-9-11-22-10-8-14(21-22)16(17,18)19/h3-8,10,13H,2,9,11H2,1H3,(H,20,23). The maximum absolute atomic E-state index is 12.4. The van der Waals surface area contributed by atoms with Gasteiger partial charge in [-0.2, -0.15) is 18.3 Å². The normalized spacial score (nSPS) is 12.9. The number of rotatable bonds is 6. The molecule has 7 heteroatoms. The van der Waals surface area contributed by atoms with Gasteiger partial charge < -0.3 is 5.32 Å². The van der Waals surface area contributed by atoms with E-state index in [1.165, 1.54) is 10.9 Å². The highest BCUT2D eigenvalue weighted by Crippen LogP contribution is 2.27. The Balaban J connectivity index is 1.88. The molecule has 0 saturated carbocycles. The lowest BCUT2D eigenvalue weighted by Crippen LogP contribution is -2.32. The molecule has 23 heavy (non-hydrogen) atoms. The molecule has 0 spiro atoms. The van der Waals surface area contributed by atoms with Gasteiger partial charge in [-0.1, -0.05) is 37.3 Å². The maximum atomic E-state index is 12.4. The minimum absolute atomic E-state index is 0.137. The van der Waals surface area contributed by atoms with Crippen molar-refractivity contribution in [3.63, 3.8) is 0 Å². The van der Waals surface area contributed by atoms with E-state index < -0.39 is 11.9 Å². The molecule has 0 aliphatic heterocycles. The van der Waals surface area contributed by atoms with Gasteiger partial charge in [0, 0.05) is 12.7 Å². The topological polar surface area (TPSA) is 46.9 Å². The van der Waals surface area contributed by atoms with Gasteiger partial charge in [-0.05, 0) is 18.1 Å². The summed E-state index contributed by atoms with van der Waals surface area (Å²) in [6.45, 7) is 2.33. The SMILES string of the molecule is CCC(C(=O)NCCn1ccc(C(F)(F)F)n1)c1ccccc1. The van der Waals surface area contributed by atoms with E-state index in [0.717, 1.165) is 11.6 Å². The number of carbonyl (C=O) groups excluding carboxylic acids is 1. The Labute approximate surface area is 132 Å². The van der Waals surface area contributed by atoms with Crippen molar-refractivity contribution in [3.05, 3.63) is 53.9 Å². The summed E-state index contributed by atoms with van der Waals surface area (Å²) in [7, 11) is 0. The molecule has 0 aliphatic carbocycles. The Morgan fingerprint density at radius 2 is 1.96 bits per heavy atom. The lowest BCUT2D eigenvalue weighted by molar-refractivity contribution is -0.141. The van der Waals surface area contributed by atoms with E-state index in [9.17, 15) is 18.0 Å². The van der Waals surface area contributed by atoms with Gasteiger partial charge in [0.05, 0.1) is 12.5 Å². The van der Waals surface area contributed by atoms with E-state index in [4.69, 9.17) is 0 Å². The number of nitrogens with one attached hydrogen (secondary N) is 1. The number of amides is 1. The summed E-state index contributed by atoms with van der Waals surface area (Å²) < 4.78 is 38.5. The van der Waals surface area contributed by atoms with Gasteiger partial charge in [0.25, 0.3) is 0 Å². The third-order valence-corrected chi connectivity index (χ3v) is 3.50. The summed E-state index contributed by atoms with van der Waals surface area (Å²) in [5, 5.41) is 6.19. The number of aromatic nitrogens is 2. The number of carbonyl (C=O) groups is 1. The molecule has 1 atom stereocenters. The van der Waals surface area contributed by atoms with Crippen molar-refractivity contribution >= 4 is 5.91 Å². The van der Waals surface area contributed by atoms with Gasteiger partial charge >= 0.3 is 6.18 Å². The van der Waals surface area contributed by atoms with E-state index in [1.54, 1.807) is 0 Å². The molecule has 124 valence electrons. The molecule has 1 aromatic carbocycles. The monoisotopic (exact) mass is 325 g/mol. The first-order valence-electron chi connectivity index (χ1n) is 7.35. The van der Waals surface area contributed by atoms with E-state index in [2.05, 4.69) is 10.4 Å². The number of alkyl halides is 3. The van der Waals surface area contributed by atoms with Crippen molar-refractivity contribution in [2.45, 2.75) is 32.0 Å². The molecule has 0 saturated heterocycles. The number of halogens is 3. The molecule has 1 aromatic heterocycles. The first-order chi connectivity index (χ1) is 10.9. The van der Waals surface area contributed by atoms with Crippen molar-refractivity contribution in [3.8, 4) is 0 Å². The number of hydrogen-bond donors (Lipinski definition) is 1. The molecular weight excluding hydrogens is 307 g/mol. The van der Waals surface area contributed by atoms with Gasteiger partial charge in [-0.3, -0.25) is 9.48 Å². The second kappa shape index (κ2) is 7.30. The second-order valence-corrected chi connectivity index (χ2v) is 5.12. The first kappa shape index (κ1) is 17.1. The average molecular weight is 325 g/mol. The van der Waals surface area contributed by atoms with Crippen molar-refractivity contribution in [2.75, 3.05) is 6.54 Å². The van der Waals surface area contributed by atoms with Crippen LogP contribution in [0, 0.1) is 0 Å². The second-order valence-electron chi connectivity index (χ2n) is 5.12. The summed E-state index contributed by atoms with van der Waals surface area (Å²) in [5.41, 5.74) is -0.00880. The van der Waals surface area contributed by atoms with E-state index >= 15 is 0 Å². The van der Waals surface area contributed by atoms with Crippen LogP contribution in [0.25, 0.3) is 0 Å². The molecule has 0 radical (unpaired) electrons. The van der Waals surface area contributed by atoms with Gasteiger partial charge in [0.1, 0.15) is 0 Å². The maximum Gasteiger partial charge on any atom is 0.435 e. The Hall–Kier alpha value is -2.31. The molecule has 4 nitrogen and oxygen atoms in total. The summed E-state index contributed by atoms with van der Waals surface area (Å²) in [5.74, 6) is -0.401. The van der Waals surface area contributed by atoms with Crippen LogP contribution in [-0.4, -0.2) is 22.2 Å². The number of hydrogen-bond acceptors (Lipinski definition) is 2. The van der Waals surface area contributed by atoms with Gasteiger partial charge in [0.2, 0.25) is 5.91 Å². The first-order valence-corrected chi connectivity index (χ1v) is 7.35. The van der Waals surface area contributed by atoms with Crippen molar-refractivity contribution < 1.29 is 18.0 Å². The summed E-state index contributed by atoms with van der Waals surface area (Å²) in [4.78, 5) is 12.2. The molecule has 0 aliphatic rings. The van der Waals surface area contributed by atoms with Crippen LogP contribution in [0.15, 0.2) is 42.6 Å². The fourth-order valence-corrected chi connectivity index (χ4v) is 2.31. The third-order valence-electron chi connectivity index (χ3n) is 3.50. The van der Waals surface area contributed by atoms with E-state index in [1.807, 2.05) is 37.3 Å². The van der Waals surface area contributed by atoms with Crippen LogP contribution in [0.4, 0.5) is 13.2 Å². The Morgan fingerprint density at radius 3 is 2.52 bits per heavy atom. The minimum Gasteiger partial charge on any atom is -0.354 e. The van der Waals surface area contributed by atoms with E-state index in [-0.39, 0.29) is 24.9 Å². The van der Waals surface area contributed by atoms with E-state index in [0.29, 0.717) is 6.42 Å². The van der Waals surface area contributed by atoms with Crippen molar-refractivity contribution in [2.24, 2.45) is 0 Å². The number of benzene rings is 1. The largest absolute Gasteiger partial charge is 0.435 e. The predicted octanol–water partition coefficient (Wildman–Crippen LogP) is 3.21. The highest BCUT2D eigenvalue weighted by Gasteiger charge is 2.33. The third kappa shape index (κ3) is 4.58. The van der Waals surface area contributed by atoms with Crippen LogP contribution in [0.3, 0.4) is 0 Å². The summed E-state index contributed by atoms with van der Waals surface area (Å²) in [6.07, 6.45) is -2.55. The van der Waals surface area contributed by atoms with Crippen LogP contribution in [0.1, 0.15) is 30.5 Å². The zero-order valence-corrected chi connectivity index (χ0v) is 12.7. The highest BCUT2D eigenvalue weighted by atomic mass is 19.4. The van der Waals surface area contributed by atoms with Crippen molar-refractivity contribution in [1.29, 1.82) is 0 Å². The van der Waals surface area contributed by atoms with Crippen LogP contribution in [-0.2, 0) is 17.5 Å². The molecule has 0 fully saturated rings. The minimum atomic E-state index is -4.45. The Bertz CT molecular complexity index is 638. The zero-order chi connectivity index (χ0) is 16.9. The molecule has 1 unspecified atom stereocenters. The Kier molecular flexibility index (Phi) is 5.41. The fourth-order valence-electron chi connectivity index (χ4n) is 2.31. The lowest BCUT2D eigenvalue weighted by atomic mass is 9.96. The smallest absolute Gasteiger partial charge is 0.354 e. The highest BCUT2D eigenvalue weighted by molar-refractivity contribution is 5.83. The van der Waals surface area contributed by atoms with Crippen LogP contribution in [0.2, 0.25) is 0 Å². The average Bonchev–Trinajstić information content (AvgIpc) is 2.98. The molecule has 1 heterocycles. The van der Waals surface area contributed by atoms with Gasteiger partial charge in [-0.15, -0.1) is 0 Å². The van der Waals surface area contributed by atoms with Crippen molar-refractivity contribution in [1.82, 2.24) is 15.1 Å². The molecular formula is C16H18F3N3O.